The Labute approximate surface area is 113 Å². The molecule has 3 nitrogen and oxygen atoms in total. The predicted octanol–water partition coefficient (Wildman–Crippen LogP) is 3.84. The highest BCUT2D eigenvalue weighted by molar-refractivity contribution is 6.76. The Morgan fingerprint density at radius 1 is 1.11 bits per heavy atom. The summed E-state index contributed by atoms with van der Waals surface area (Å²) in [5, 5.41) is 0. The Morgan fingerprint density at radius 2 is 1.72 bits per heavy atom. The molecule has 0 aliphatic carbocycles. The highest BCUT2D eigenvalue weighted by Crippen LogP contribution is 2.06. The normalized spacial score (nSPS) is 12.0. The molecule has 0 rings (SSSR count). The summed E-state index contributed by atoms with van der Waals surface area (Å²) in [6.07, 6.45) is 8.72. The van der Waals surface area contributed by atoms with Gasteiger partial charge in [0.25, 0.3) is 0 Å². The molecule has 4 heteroatoms. The lowest BCUT2D eigenvalue weighted by molar-refractivity contribution is -0.137. The van der Waals surface area contributed by atoms with E-state index in [1.165, 1.54) is 31.8 Å². The Morgan fingerprint density at radius 3 is 2.33 bits per heavy atom. The van der Waals surface area contributed by atoms with E-state index in [9.17, 15) is 4.79 Å². The van der Waals surface area contributed by atoms with Crippen molar-refractivity contribution >= 4 is 14.3 Å². The van der Waals surface area contributed by atoms with Gasteiger partial charge >= 0.3 is 5.97 Å². The molecular weight excluding hydrogens is 244 g/mol. The Balaban J connectivity index is 3.54. The minimum absolute atomic E-state index is 0.249. The molecule has 0 atom stereocenters. The third-order valence-corrected chi connectivity index (χ3v) is 4.91. The Kier molecular flexibility index (Phi) is 9.97. The van der Waals surface area contributed by atoms with Crippen LogP contribution in [0.1, 0.15) is 45.4 Å². The lowest BCUT2D eigenvalue weighted by Gasteiger charge is -2.13. The second-order valence-electron chi connectivity index (χ2n) is 5.08. The minimum Gasteiger partial charge on any atom is -0.463 e. The number of hydrogen-bond acceptors (Lipinski definition) is 3. The quantitative estimate of drug-likeness (QED) is 0.262. The zero-order valence-electron chi connectivity index (χ0n) is 12.3. The van der Waals surface area contributed by atoms with Crippen LogP contribution in [0.3, 0.4) is 0 Å². The second kappa shape index (κ2) is 10.3. The van der Waals surface area contributed by atoms with Crippen LogP contribution in [-0.4, -0.2) is 28.0 Å². The molecule has 0 N–H and O–H groups in total. The highest BCUT2D eigenvalue weighted by atomic mass is 28.4. The average Bonchev–Trinajstić information content (AvgIpc) is 2.35. The number of esters is 1. The summed E-state index contributed by atoms with van der Waals surface area (Å²) in [7, 11) is -0.112. The van der Waals surface area contributed by atoms with Gasteiger partial charge < -0.3 is 9.16 Å². The average molecular weight is 272 g/mol. The van der Waals surface area contributed by atoms with E-state index >= 15 is 0 Å². The topological polar surface area (TPSA) is 35.5 Å². The number of rotatable bonds is 10. The molecule has 18 heavy (non-hydrogen) atoms. The van der Waals surface area contributed by atoms with Crippen molar-refractivity contribution in [1.29, 1.82) is 0 Å². The van der Waals surface area contributed by atoms with Crippen molar-refractivity contribution in [2.75, 3.05) is 13.7 Å². The van der Waals surface area contributed by atoms with E-state index in [-0.39, 0.29) is 5.97 Å². The Hall–Kier alpha value is -0.613. The summed E-state index contributed by atoms with van der Waals surface area (Å²) in [5.41, 5.74) is 1.86. The number of ether oxygens (including phenoxy) is 1. The van der Waals surface area contributed by atoms with Gasteiger partial charge in [0.15, 0.2) is 0 Å². The molecule has 0 bridgehead atoms. The van der Waals surface area contributed by atoms with Gasteiger partial charge in [-0.25, -0.2) is 4.79 Å². The molecule has 106 valence electrons. The van der Waals surface area contributed by atoms with Crippen LogP contribution < -0.4 is 0 Å². The maximum Gasteiger partial charge on any atom is 0.330 e. The zero-order chi connectivity index (χ0) is 13.9. The minimum atomic E-state index is -1.79. The van der Waals surface area contributed by atoms with Crippen LogP contribution in [0.15, 0.2) is 11.8 Å². The van der Waals surface area contributed by atoms with Gasteiger partial charge in [-0.2, -0.15) is 0 Å². The van der Waals surface area contributed by atoms with Gasteiger partial charge in [-0.05, 0) is 19.5 Å². The molecule has 0 aromatic carbocycles. The van der Waals surface area contributed by atoms with Crippen LogP contribution in [0.2, 0.25) is 13.1 Å². The molecule has 0 radical (unpaired) electrons. The molecule has 0 spiro atoms. The number of unbranched alkanes of at least 4 members (excludes halogenated alkanes) is 5. The van der Waals surface area contributed by atoms with Crippen molar-refractivity contribution in [1.82, 2.24) is 0 Å². The van der Waals surface area contributed by atoms with E-state index in [0.29, 0.717) is 6.61 Å². The smallest absolute Gasteiger partial charge is 0.330 e. The molecule has 0 aromatic heterocycles. The molecule has 0 aliphatic heterocycles. The van der Waals surface area contributed by atoms with Gasteiger partial charge in [-0.3, -0.25) is 0 Å². The summed E-state index contributed by atoms with van der Waals surface area (Å²) in [6, 6.07) is 0. The van der Waals surface area contributed by atoms with Crippen molar-refractivity contribution in [3.05, 3.63) is 11.8 Å². The standard InChI is InChI=1S/C14H28O3Si/c1-5-6-7-8-9-10-12-17-14(15)11-13-18(3,4)16-2/h11,13H,5-10,12H2,1-4H3. The maximum atomic E-state index is 11.4. The molecule has 0 amide bonds. The number of hydrogen-bond donors (Lipinski definition) is 0. The van der Waals surface area contributed by atoms with Crippen molar-refractivity contribution in [2.24, 2.45) is 0 Å². The molecule has 0 saturated heterocycles. The second-order valence-corrected chi connectivity index (χ2v) is 9.02. The predicted molar refractivity (Wildman–Crippen MR) is 78.0 cm³/mol. The van der Waals surface area contributed by atoms with E-state index in [2.05, 4.69) is 6.92 Å². The largest absolute Gasteiger partial charge is 0.463 e. The van der Waals surface area contributed by atoms with Crippen LogP contribution >= 0.6 is 0 Å². The molecule has 0 unspecified atom stereocenters. The lowest BCUT2D eigenvalue weighted by Crippen LogP contribution is -2.26. The van der Waals surface area contributed by atoms with E-state index in [0.717, 1.165) is 12.8 Å². The molecule has 0 aromatic rings. The van der Waals surface area contributed by atoms with Crippen LogP contribution in [0.25, 0.3) is 0 Å². The maximum absolute atomic E-state index is 11.4. The molecule has 0 aliphatic rings. The zero-order valence-corrected chi connectivity index (χ0v) is 13.3. The van der Waals surface area contributed by atoms with Crippen molar-refractivity contribution < 1.29 is 14.0 Å². The van der Waals surface area contributed by atoms with E-state index < -0.39 is 8.32 Å². The third kappa shape index (κ3) is 10.5. The summed E-state index contributed by atoms with van der Waals surface area (Å²) in [6.45, 7) is 6.80. The van der Waals surface area contributed by atoms with Crippen molar-refractivity contribution in [3.63, 3.8) is 0 Å². The monoisotopic (exact) mass is 272 g/mol. The van der Waals surface area contributed by atoms with Gasteiger partial charge in [-0.15, -0.1) is 0 Å². The first-order valence-corrected chi connectivity index (χ1v) is 9.91. The number of carbonyl (C=O) groups excluding carboxylic acids is 1. The van der Waals surface area contributed by atoms with Gasteiger partial charge in [0.2, 0.25) is 8.32 Å². The van der Waals surface area contributed by atoms with Gasteiger partial charge in [0.05, 0.1) is 6.61 Å². The van der Waals surface area contributed by atoms with E-state index in [4.69, 9.17) is 9.16 Å². The molecular formula is C14H28O3Si. The lowest BCUT2D eigenvalue weighted by atomic mass is 10.1. The fraction of sp³-hybridized carbons (Fsp3) is 0.786. The first-order chi connectivity index (χ1) is 8.52. The van der Waals surface area contributed by atoms with Crippen molar-refractivity contribution in [3.8, 4) is 0 Å². The van der Waals surface area contributed by atoms with E-state index in [1.54, 1.807) is 7.11 Å². The van der Waals surface area contributed by atoms with E-state index in [1.807, 2.05) is 18.8 Å². The SMILES string of the molecule is CCCCCCCCOC(=O)C=C[Si](C)(C)OC. The third-order valence-electron chi connectivity index (χ3n) is 2.89. The van der Waals surface area contributed by atoms with Gasteiger partial charge in [0, 0.05) is 13.2 Å². The van der Waals surface area contributed by atoms with Crippen LogP contribution in [0.5, 0.6) is 0 Å². The van der Waals surface area contributed by atoms with Crippen LogP contribution in [0.4, 0.5) is 0 Å². The summed E-state index contributed by atoms with van der Waals surface area (Å²) in [5.74, 6) is -0.249. The summed E-state index contributed by atoms with van der Waals surface area (Å²) < 4.78 is 10.4. The summed E-state index contributed by atoms with van der Waals surface area (Å²) >= 11 is 0. The summed E-state index contributed by atoms with van der Waals surface area (Å²) in [4.78, 5) is 11.4. The molecule has 0 heterocycles. The fourth-order valence-electron chi connectivity index (χ4n) is 1.44. The van der Waals surface area contributed by atoms with Crippen LogP contribution in [0, 0.1) is 0 Å². The van der Waals surface area contributed by atoms with Gasteiger partial charge in [0.1, 0.15) is 0 Å². The van der Waals surface area contributed by atoms with Gasteiger partial charge in [-0.1, -0.05) is 44.7 Å². The van der Waals surface area contributed by atoms with Crippen LogP contribution in [-0.2, 0) is 14.0 Å². The number of carbonyl (C=O) groups is 1. The molecule has 0 fully saturated rings. The van der Waals surface area contributed by atoms with Crippen molar-refractivity contribution in [2.45, 2.75) is 58.5 Å². The Bertz CT molecular complexity index is 249. The first-order valence-electron chi connectivity index (χ1n) is 6.93. The fourth-order valence-corrected chi connectivity index (χ4v) is 2.11. The molecule has 0 saturated carbocycles. The highest BCUT2D eigenvalue weighted by Gasteiger charge is 2.16. The first kappa shape index (κ1) is 17.4.